The van der Waals surface area contributed by atoms with Crippen molar-refractivity contribution in [1.82, 2.24) is 0 Å². The maximum absolute atomic E-state index is 11.3. The van der Waals surface area contributed by atoms with E-state index in [9.17, 15) is 25.9 Å². The molecular weight excluding hydrogens is 548 g/mol. The number of halogens is 2. The van der Waals surface area contributed by atoms with Crippen molar-refractivity contribution in [2.75, 3.05) is 11.5 Å². The summed E-state index contributed by atoms with van der Waals surface area (Å²) in [6.07, 6.45) is 1.24. The second-order valence-electron chi connectivity index (χ2n) is 7.24. The zero-order valence-electron chi connectivity index (χ0n) is 15.3. The van der Waals surface area contributed by atoms with Gasteiger partial charge in [0.2, 0.25) is 0 Å². The topological polar surface area (TPSA) is 109 Å². The van der Waals surface area contributed by atoms with E-state index in [0.29, 0.717) is 12.8 Å². The number of rotatable bonds is 8. The van der Waals surface area contributed by atoms with Crippen LogP contribution >= 0.6 is 31.9 Å². The summed E-state index contributed by atoms with van der Waals surface area (Å²) in [5.41, 5.74) is 3.34. The third-order valence-corrected chi connectivity index (χ3v) is 7.89. The van der Waals surface area contributed by atoms with Crippen LogP contribution in [-0.2, 0) is 25.7 Å². The summed E-state index contributed by atoms with van der Waals surface area (Å²) in [4.78, 5) is 0. The van der Waals surface area contributed by atoms with Gasteiger partial charge < -0.3 is 0 Å². The van der Waals surface area contributed by atoms with Crippen LogP contribution in [0.1, 0.15) is 36.8 Å². The molecule has 3 rings (SSSR count). The fourth-order valence-corrected chi connectivity index (χ4v) is 5.96. The molecule has 0 spiro atoms. The average Bonchev–Trinajstić information content (AvgIpc) is 2.82. The van der Waals surface area contributed by atoms with E-state index in [-0.39, 0.29) is 24.3 Å². The number of benzene rings is 2. The highest BCUT2D eigenvalue weighted by molar-refractivity contribution is 9.10. The molecule has 6 nitrogen and oxygen atoms in total. The third kappa shape index (κ3) is 5.29. The van der Waals surface area contributed by atoms with Gasteiger partial charge in [0.15, 0.2) is 0 Å². The van der Waals surface area contributed by atoms with Gasteiger partial charge in [0.1, 0.15) is 0 Å². The van der Waals surface area contributed by atoms with E-state index in [4.69, 9.17) is 0 Å². The first-order chi connectivity index (χ1) is 13.4. The van der Waals surface area contributed by atoms with Gasteiger partial charge in [-0.05, 0) is 72.2 Å². The fourth-order valence-electron chi connectivity index (χ4n) is 4.22. The second-order valence-corrected chi connectivity index (χ2v) is 12.2. The molecule has 0 heterocycles. The molecule has 1 aliphatic rings. The lowest BCUT2D eigenvalue weighted by Crippen LogP contribution is -2.27. The van der Waals surface area contributed by atoms with E-state index >= 15 is 0 Å². The zero-order chi connectivity index (χ0) is 21.4. The number of hydrogen-bond acceptors (Lipinski definition) is 4. The van der Waals surface area contributed by atoms with E-state index in [1.54, 1.807) is 0 Å². The molecule has 0 saturated heterocycles. The Hall–Kier alpha value is -0.780. The Morgan fingerprint density at radius 3 is 1.45 bits per heavy atom. The number of hydrogen-bond donors (Lipinski definition) is 2. The van der Waals surface area contributed by atoms with Crippen LogP contribution in [0.4, 0.5) is 0 Å². The fraction of sp³-hybridized carbons (Fsp3) is 0.368. The molecule has 0 atom stereocenters. The van der Waals surface area contributed by atoms with Crippen LogP contribution < -0.4 is 0 Å². The van der Waals surface area contributed by atoms with Crippen molar-refractivity contribution in [3.63, 3.8) is 0 Å². The summed E-state index contributed by atoms with van der Waals surface area (Å²) >= 11 is 6.99. The first-order valence-electron chi connectivity index (χ1n) is 8.92. The first kappa shape index (κ1) is 22.9. The Morgan fingerprint density at radius 2 is 1.10 bits per heavy atom. The van der Waals surface area contributed by atoms with Crippen molar-refractivity contribution in [2.24, 2.45) is 0 Å². The molecule has 158 valence electrons. The van der Waals surface area contributed by atoms with Crippen molar-refractivity contribution in [3.8, 4) is 11.1 Å². The maximum atomic E-state index is 11.3. The van der Waals surface area contributed by atoms with E-state index in [1.807, 2.05) is 36.4 Å². The molecule has 0 saturated carbocycles. The van der Waals surface area contributed by atoms with Crippen molar-refractivity contribution >= 4 is 52.1 Å². The summed E-state index contributed by atoms with van der Waals surface area (Å²) in [7, 11) is -8.22. The molecule has 29 heavy (non-hydrogen) atoms. The summed E-state index contributed by atoms with van der Waals surface area (Å²) < 4.78 is 65.2. The predicted octanol–water partition coefficient (Wildman–Crippen LogP) is 4.81. The lowest BCUT2D eigenvalue weighted by Gasteiger charge is -2.32. The zero-order valence-corrected chi connectivity index (χ0v) is 20.1. The molecule has 2 aromatic carbocycles. The minimum atomic E-state index is -4.11. The highest BCUT2D eigenvalue weighted by Gasteiger charge is 2.43. The minimum absolute atomic E-state index is 0.211. The minimum Gasteiger partial charge on any atom is -0.286 e. The highest BCUT2D eigenvalue weighted by atomic mass is 79.9. The van der Waals surface area contributed by atoms with Crippen molar-refractivity contribution in [1.29, 1.82) is 0 Å². The van der Waals surface area contributed by atoms with Crippen LogP contribution in [0, 0.1) is 0 Å². The lowest BCUT2D eigenvalue weighted by molar-refractivity contribution is 0.422. The third-order valence-electron chi connectivity index (χ3n) is 5.30. The molecule has 10 heteroatoms. The van der Waals surface area contributed by atoms with Crippen LogP contribution in [0.3, 0.4) is 0 Å². The van der Waals surface area contributed by atoms with Gasteiger partial charge >= 0.3 is 0 Å². The SMILES string of the molecule is O=S(=O)(O)CCCC1(CCCS(=O)(=O)O)c2cc(Br)ccc2-c2ccc(Br)cc21. The molecule has 0 aliphatic heterocycles. The molecule has 0 radical (unpaired) electrons. The van der Waals surface area contributed by atoms with Crippen LogP contribution in [0.2, 0.25) is 0 Å². The van der Waals surface area contributed by atoms with Gasteiger partial charge in [0, 0.05) is 14.4 Å². The average molecular weight is 568 g/mol. The van der Waals surface area contributed by atoms with Crippen LogP contribution in [-0.4, -0.2) is 37.4 Å². The Bertz CT molecular complexity index is 1050. The van der Waals surface area contributed by atoms with E-state index in [0.717, 1.165) is 31.2 Å². The normalized spacial score (nSPS) is 15.2. The molecule has 0 unspecified atom stereocenters. The standard InChI is InChI=1S/C19H20Br2O6S2/c20-13-3-5-15-16-6-4-14(21)12-18(16)19(17(15)11-13,7-1-9-28(22,23)24)8-2-10-29(25,26)27/h3-6,11-12H,1-2,7-10H2,(H,22,23,24)(H,25,26,27). The molecule has 1 aliphatic carbocycles. The van der Waals surface area contributed by atoms with Gasteiger partial charge in [-0.3, -0.25) is 9.11 Å². The van der Waals surface area contributed by atoms with E-state index in [2.05, 4.69) is 31.9 Å². The second kappa shape index (κ2) is 8.39. The largest absolute Gasteiger partial charge is 0.286 e. The summed E-state index contributed by atoms with van der Waals surface area (Å²) in [5, 5.41) is 0. The van der Waals surface area contributed by atoms with Crippen molar-refractivity contribution in [2.45, 2.75) is 31.1 Å². The van der Waals surface area contributed by atoms with Crippen molar-refractivity contribution in [3.05, 3.63) is 56.5 Å². The molecule has 0 fully saturated rings. The first-order valence-corrected chi connectivity index (χ1v) is 13.7. The van der Waals surface area contributed by atoms with Crippen LogP contribution in [0.25, 0.3) is 11.1 Å². The quantitative estimate of drug-likeness (QED) is 0.443. The van der Waals surface area contributed by atoms with Gasteiger partial charge in [0.25, 0.3) is 20.2 Å². The lowest BCUT2D eigenvalue weighted by atomic mass is 9.71. The summed E-state index contributed by atoms with van der Waals surface area (Å²) in [5.74, 6) is -0.751. The van der Waals surface area contributed by atoms with Gasteiger partial charge in [0.05, 0.1) is 11.5 Å². The van der Waals surface area contributed by atoms with Crippen molar-refractivity contribution < 1.29 is 25.9 Å². The number of fused-ring (bicyclic) bond motifs is 3. The van der Waals surface area contributed by atoms with E-state index in [1.165, 1.54) is 0 Å². The highest BCUT2D eigenvalue weighted by Crippen LogP contribution is 2.54. The molecule has 2 aromatic rings. The van der Waals surface area contributed by atoms with Crippen LogP contribution in [0.15, 0.2) is 45.3 Å². The molecule has 0 aromatic heterocycles. The monoisotopic (exact) mass is 566 g/mol. The Balaban J connectivity index is 2.11. The smallest absolute Gasteiger partial charge is 0.264 e. The van der Waals surface area contributed by atoms with Gasteiger partial charge in [-0.1, -0.05) is 44.0 Å². The van der Waals surface area contributed by atoms with E-state index < -0.39 is 25.7 Å². The molecule has 2 N–H and O–H groups in total. The van der Waals surface area contributed by atoms with Gasteiger partial charge in [-0.15, -0.1) is 0 Å². The summed E-state index contributed by atoms with van der Waals surface area (Å²) in [6.45, 7) is 0. The van der Waals surface area contributed by atoms with Gasteiger partial charge in [-0.25, -0.2) is 0 Å². The Labute approximate surface area is 187 Å². The molecular formula is C19H20Br2O6S2. The predicted molar refractivity (Wildman–Crippen MR) is 119 cm³/mol. The van der Waals surface area contributed by atoms with Crippen LogP contribution in [0.5, 0.6) is 0 Å². The summed E-state index contributed by atoms with van der Waals surface area (Å²) in [6, 6.07) is 11.8. The Kier molecular flexibility index (Phi) is 6.63. The Morgan fingerprint density at radius 1 is 0.724 bits per heavy atom. The molecule has 0 bridgehead atoms. The molecule has 0 amide bonds. The van der Waals surface area contributed by atoms with Gasteiger partial charge in [-0.2, -0.15) is 16.8 Å². The maximum Gasteiger partial charge on any atom is 0.264 e.